The van der Waals surface area contributed by atoms with Crippen LogP contribution in [0.15, 0.2) is 48.5 Å². The summed E-state index contributed by atoms with van der Waals surface area (Å²) in [7, 11) is 0. The van der Waals surface area contributed by atoms with Crippen molar-refractivity contribution in [3.05, 3.63) is 59.7 Å². The summed E-state index contributed by atoms with van der Waals surface area (Å²) in [5.74, 6) is -2.81. The van der Waals surface area contributed by atoms with Gasteiger partial charge in [-0.3, -0.25) is 14.4 Å². The van der Waals surface area contributed by atoms with Gasteiger partial charge in [-0.2, -0.15) is 0 Å². The third-order valence-corrected chi connectivity index (χ3v) is 6.05. The molecule has 1 aliphatic rings. The molecule has 11 heteroatoms. The second kappa shape index (κ2) is 12.0. The highest BCUT2D eigenvalue weighted by molar-refractivity contribution is 5.94. The Kier molecular flexibility index (Phi) is 8.85. The summed E-state index contributed by atoms with van der Waals surface area (Å²) >= 11 is 0. The lowest BCUT2D eigenvalue weighted by Gasteiger charge is -2.27. The van der Waals surface area contributed by atoms with E-state index in [4.69, 9.17) is 5.73 Å². The zero-order valence-electron chi connectivity index (χ0n) is 19.6. The highest BCUT2D eigenvalue weighted by Gasteiger charge is 2.36. The molecule has 1 saturated heterocycles. The number of aliphatic carboxylic acids is 1. The molecule has 3 rings (SSSR count). The smallest absolute Gasteiger partial charge is 0.326 e. The van der Waals surface area contributed by atoms with Gasteiger partial charge in [0.1, 0.15) is 29.6 Å². The van der Waals surface area contributed by atoms with Crippen LogP contribution in [-0.2, 0) is 32.0 Å². The molecule has 1 fully saturated rings. The first-order valence-corrected chi connectivity index (χ1v) is 11.6. The summed E-state index contributed by atoms with van der Waals surface area (Å²) in [6.45, 7) is 0.148. The fourth-order valence-electron chi connectivity index (χ4n) is 4.14. The second-order valence-electron chi connectivity index (χ2n) is 8.65. The largest absolute Gasteiger partial charge is 0.508 e. The minimum atomic E-state index is -1.29. The fraction of sp³-hybridized carbons (Fsp3) is 0.360. The van der Waals surface area contributed by atoms with E-state index in [9.17, 15) is 34.5 Å². The summed E-state index contributed by atoms with van der Waals surface area (Å²) in [6.07, 6.45) is 1.03. The Morgan fingerprint density at radius 3 is 1.92 bits per heavy atom. The summed E-state index contributed by atoms with van der Waals surface area (Å²) in [6, 6.07) is 8.79. The number of phenolic OH excluding ortho intramolecular Hbond substituents is 2. The summed E-state index contributed by atoms with van der Waals surface area (Å²) in [5.41, 5.74) is 6.67. The number of phenols is 2. The first-order chi connectivity index (χ1) is 17.2. The molecule has 1 aliphatic heterocycles. The normalized spacial score (nSPS) is 16.7. The van der Waals surface area contributed by atoms with Crippen LogP contribution in [0.4, 0.5) is 0 Å². The van der Waals surface area contributed by atoms with Crippen molar-refractivity contribution in [1.29, 1.82) is 0 Å². The van der Waals surface area contributed by atoms with Crippen LogP contribution in [0.3, 0.4) is 0 Å². The molecule has 3 amide bonds. The van der Waals surface area contributed by atoms with E-state index in [1.807, 2.05) is 0 Å². The van der Waals surface area contributed by atoms with Crippen molar-refractivity contribution in [2.24, 2.45) is 5.73 Å². The molecule has 0 aromatic heterocycles. The number of amides is 3. The highest BCUT2D eigenvalue weighted by Crippen LogP contribution is 2.18. The van der Waals surface area contributed by atoms with E-state index in [0.29, 0.717) is 30.5 Å². The fourth-order valence-corrected chi connectivity index (χ4v) is 4.14. The van der Waals surface area contributed by atoms with Gasteiger partial charge in [0.2, 0.25) is 17.7 Å². The van der Waals surface area contributed by atoms with Gasteiger partial charge in [-0.25, -0.2) is 4.79 Å². The van der Waals surface area contributed by atoms with Crippen molar-refractivity contribution < 1.29 is 34.5 Å². The minimum absolute atomic E-state index is 0.0282. The number of rotatable bonds is 10. The van der Waals surface area contributed by atoms with Crippen LogP contribution in [0.2, 0.25) is 0 Å². The van der Waals surface area contributed by atoms with E-state index in [2.05, 4.69) is 10.6 Å². The number of likely N-dealkylation sites (tertiary alicyclic amines) is 1. The molecule has 11 nitrogen and oxygen atoms in total. The average Bonchev–Trinajstić information content (AvgIpc) is 3.35. The predicted octanol–water partition coefficient (Wildman–Crippen LogP) is -0.113. The van der Waals surface area contributed by atoms with Gasteiger partial charge in [-0.1, -0.05) is 24.3 Å². The monoisotopic (exact) mass is 498 g/mol. The Bertz CT molecular complexity index is 1090. The van der Waals surface area contributed by atoms with Gasteiger partial charge in [-0.15, -0.1) is 0 Å². The maximum atomic E-state index is 13.2. The topological polar surface area (TPSA) is 182 Å². The molecule has 192 valence electrons. The molecule has 0 saturated carbocycles. The maximum absolute atomic E-state index is 13.2. The average molecular weight is 499 g/mol. The summed E-state index contributed by atoms with van der Waals surface area (Å²) in [4.78, 5) is 51.7. The van der Waals surface area contributed by atoms with Crippen molar-refractivity contribution in [2.45, 2.75) is 43.8 Å². The first kappa shape index (κ1) is 26.5. The molecule has 2 aromatic carbocycles. The molecule has 0 spiro atoms. The Morgan fingerprint density at radius 1 is 0.889 bits per heavy atom. The van der Waals surface area contributed by atoms with E-state index in [1.54, 1.807) is 24.3 Å². The number of carboxylic acid groups (broad SMARTS) is 1. The molecule has 0 aliphatic carbocycles. The third kappa shape index (κ3) is 6.95. The Hall–Kier alpha value is -4.12. The number of benzene rings is 2. The third-order valence-electron chi connectivity index (χ3n) is 6.05. The predicted molar refractivity (Wildman–Crippen MR) is 129 cm³/mol. The molecule has 3 atom stereocenters. The molecule has 1 heterocycles. The first-order valence-electron chi connectivity index (χ1n) is 11.6. The Labute approximate surface area is 207 Å². The van der Waals surface area contributed by atoms with Gasteiger partial charge in [0.25, 0.3) is 0 Å². The molecule has 36 heavy (non-hydrogen) atoms. The van der Waals surface area contributed by atoms with Gasteiger partial charge in [-0.05, 0) is 48.2 Å². The maximum Gasteiger partial charge on any atom is 0.326 e. The number of nitrogens with one attached hydrogen (secondary N) is 2. The SMILES string of the molecule is NCC(=O)N1CCC[C@H]1C(=O)N[C@@H](Cc1ccc(O)cc1)C(=O)N[C@@H](Cc1ccc(O)cc1)C(=O)O. The number of carboxylic acids is 1. The minimum Gasteiger partial charge on any atom is -0.508 e. The van der Waals surface area contributed by atoms with E-state index >= 15 is 0 Å². The number of carbonyl (C=O) groups excluding carboxylic acids is 3. The molecule has 0 unspecified atom stereocenters. The molecular weight excluding hydrogens is 468 g/mol. The van der Waals surface area contributed by atoms with E-state index in [0.717, 1.165) is 0 Å². The van der Waals surface area contributed by atoms with Crippen molar-refractivity contribution in [2.75, 3.05) is 13.1 Å². The lowest BCUT2D eigenvalue weighted by atomic mass is 10.0. The van der Waals surface area contributed by atoms with Crippen LogP contribution in [-0.4, -0.2) is 75.1 Å². The molecule has 0 radical (unpaired) electrons. The Balaban J connectivity index is 1.78. The van der Waals surface area contributed by atoms with Crippen LogP contribution in [0, 0.1) is 0 Å². The molecule has 0 bridgehead atoms. The van der Waals surface area contributed by atoms with Crippen molar-refractivity contribution in [1.82, 2.24) is 15.5 Å². The Morgan fingerprint density at radius 2 is 1.42 bits per heavy atom. The quantitative estimate of drug-likeness (QED) is 0.262. The van der Waals surface area contributed by atoms with E-state index in [-0.39, 0.29) is 36.8 Å². The van der Waals surface area contributed by atoms with Gasteiger partial charge in [0.15, 0.2) is 0 Å². The van der Waals surface area contributed by atoms with Crippen LogP contribution in [0.5, 0.6) is 11.5 Å². The summed E-state index contributed by atoms with van der Waals surface area (Å²) in [5, 5.41) is 33.8. The molecular formula is C25H30N4O7. The van der Waals surface area contributed by atoms with E-state index < -0.39 is 35.9 Å². The lowest BCUT2D eigenvalue weighted by molar-refractivity contribution is -0.142. The van der Waals surface area contributed by atoms with Crippen molar-refractivity contribution in [3.8, 4) is 11.5 Å². The van der Waals surface area contributed by atoms with Gasteiger partial charge in [0.05, 0.1) is 6.54 Å². The van der Waals surface area contributed by atoms with Crippen molar-refractivity contribution in [3.63, 3.8) is 0 Å². The van der Waals surface area contributed by atoms with E-state index in [1.165, 1.54) is 29.2 Å². The standard InChI is InChI=1S/C25H30N4O7/c26-14-22(32)29-11-1-2-21(29)24(34)27-19(12-15-3-7-17(30)8-4-15)23(33)28-20(25(35)36)13-16-5-9-18(31)10-6-16/h3-10,19-21,30-31H,1-2,11-14,26H2,(H,27,34)(H,28,33)(H,35,36)/t19-,20-,21-/m0/s1. The second-order valence-corrected chi connectivity index (χ2v) is 8.65. The number of hydrogen-bond acceptors (Lipinski definition) is 7. The van der Waals surface area contributed by atoms with Crippen LogP contribution >= 0.6 is 0 Å². The lowest BCUT2D eigenvalue weighted by Crippen LogP contribution is -2.56. The van der Waals surface area contributed by atoms with Crippen molar-refractivity contribution >= 4 is 23.7 Å². The molecule has 2 aromatic rings. The zero-order chi connectivity index (χ0) is 26.2. The number of hydrogen-bond donors (Lipinski definition) is 6. The van der Waals surface area contributed by atoms with Gasteiger partial charge < -0.3 is 36.6 Å². The number of carbonyl (C=O) groups is 4. The van der Waals surface area contributed by atoms with Crippen LogP contribution < -0.4 is 16.4 Å². The highest BCUT2D eigenvalue weighted by atomic mass is 16.4. The number of nitrogens with zero attached hydrogens (tertiary/aromatic N) is 1. The summed E-state index contributed by atoms with van der Waals surface area (Å²) < 4.78 is 0. The van der Waals surface area contributed by atoms with Gasteiger partial charge >= 0.3 is 5.97 Å². The number of aromatic hydroxyl groups is 2. The van der Waals surface area contributed by atoms with Crippen LogP contribution in [0.1, 0.15) is 24.0 Å². The van der Waals surface area contributed by atoms with Gasteiger partial charge in [0, 0.05) is 19.4 Å². The zero-order valence-corrected chi connectivity index (χ0v) is 19.6. The molecule has 7 N–H and O–H groups in total. The van der Waals surface area contributed by atoms with Crippen LogP contribution in [0.25, 0.3) is 0 Å². The number of nitrogens with two attached hydrogens (primary N) is 1.